The summed E-state index contributed by atoms with van der Waals surface area (Å²) in [4.78, 5) is 19.4. The molecular weight excluding hydrogens is 269 g/mol. The Morgan fingerprint density at radius 1 is 1.14 bits per heavy atom. The summed E-state index contributed by atoms with van der Waals surface area (Å²) in [6, 6.07) is 13.6. The van der Waals surface area contributed by atoms with Crippen LogP contribution < -0.4 is 5.32 Å². The Morgan fingerprint density at radius 2 is 1.90 bits per heavy atom. The van der Waals surface area contributed by atoms with Crippen molar-refractivity contribution in [1.29, 1.82) is 0 Å². The van der Waals surface area contributed by atoms with E-state index >= 15 is 0 Å². The lowest BCUT2D eigenvalue weighted by atomic mass is 10.1. The van der Waals surface area contributed by atoms with E-state index in [-0.39, 0.29) is 18.1 Å². The van der Waals surface area contributed by atoms with Crippen LogP contribution in [0.5, 0.6) is 0 Å². The van der Waals surface area contributed by atoms with Crippen LogP contribution in [0.3, 0.4) is 0 Å². The maximum absolute atomic E-state index is 12.8. The standard InChI is InChI=1S/C16H14FN3O/c17-12-7-5-11(6-8-12)9-16(21)18-10-15-19-13-3-1-2-4-14(13)20-15/h1-8H,9-10H2,(H,18,21)(H,19,20). The third-order valence-corrected chi connectivity index (χ3v) is 3.17. The topological polar surface area (TPSA) is 57.8 Å². The van der Waals surface area contributed by atoms with Crippen LogP contribution in [0.25, 0.3) is 11.0 Å². The molecule has 0 saturated heterocycles. The van der Waals surface area contributed by atoms with Gasteiger partial charge in [0.1, 0.15) is 11.6 Å². The van der Waals surface area contributed by atoms with Crippen molar-refractivity contribution in [3.05, 3.63) is 65.7 Å². The lowest BCUT2D eigenvalue weighted by Gasteiger charge is -2.03. The number of aromatic amines is 1. The summed E-state index contributed by atoms with van der Waals surface area (Å²) in [5, 5.41) is 2.80. The van der Waals surface area contributed by atoms with Crippen molar-refractivity contribution in [1.82, 2.24) is 15.3 Å². The van der Waals surface area contributed by atoms with E-state index in [9.17, 15) is 9.18 Å². The van der Waals surface area contributed by atoms with Gasteiger partial charge in [-0.3, -0.25) is 4.79 Å². The van der Waals surface area contributed by atoms with E-state index in [0.29, 0.717) is 12.4 Å². The molecule has 0 radical (unpaired) electrons. The summed E-state index contributed by atoms with van der Waals surface area (Å²) in [6.45, 7) is 0.342. The number of rotatable bonds is 4. The number of hydrogen-bond donors (Lipinski definition) is 2. The molecule has 0 spiro atoms. The minimum absolute atomic E-state index is 0.123. The van der Waals surface area contributed by atoms with Gasteiger partial charge in [0.05, 0.1) is 24.0 Å². The van der Waals surface area contributed by atoms with Gasteiger partial charge in [0.15, 0.2) is 0 Å². The number of H-pyrrole nitrogens is 1. The minimum Gasteiger partial charge on any atom is -0.349 e. The van der Waals surface area contributed by atoms with Crippen molar-refractivity contribution in [2.24, 2.45) is 0 Å². The summed E-state index contributed by atoms with van der Waals surface area (Å²) in [5.41, 5.74) is 2.60. The summed E-state index contributed by atoms with van der Waals surface area (Å²) in [5.74, 6) is 0.284. The Morgan fingerprint density at radius 3 is 2.67 bits per heavy atom. The number of aromatic nitrogens is 2. The summed E-state index contributed by atoms with van der Waals surface area (Å²) in [7, 11) is 0. The molecule has 1 aromatic heterocycles. The Kier molecular flexibility index (Phi) is 3.64. The largest absolute Gasteiger partial charge is 0.349 e. The fourth-order valence-corrected chi connectivity index (χ4v) is 2.12. The van der Waals surface area contributed by atoms with Gasteiger partial charge >= 0.3 is 0 Å². The maximum Gasteiger partial charge on any atom is 0.224 e. The molecule has 0 aliphatic carbocycles. The number of carbonyl (C=O) groups is 1. The molecule has 0 saturated carbocycles. The van der Waals surface area contributed by atoms with E-state index in [1.165, 1.54) is 12.1 Å². The second-order valence-corrected chi connectivity index (χ2v) is 4.78. The molecule has 2 N–H and O–H groups in total. The number of carbonyl (C=O) groups excluding carboxylic acids is 1. The van der Waals surface area contributed by atoms with Crippen molar-refractivity contribution >= 4 is 16.9 Å². The van der Waals surface area contributed by atoms with E-state index in [0.717, 1.165) is 16.6 Å². The number of benzene rings is 2. The number of fused-ring (bicyclic) bond motifs is 1. The second kappa shape index (κ2) is 5.75. The average molecular weight is 283 g/mol. The van der Waals surface area contributed by atoms with Crippen molar-refractivity contribution in [3.8, 4) is 0 Å². The van der Waals surface area contributed by atoms with Crippen LogP contribution in [-0.2, 0) is 17.8 Å². The average Bonchev–Trinajstić information content (AvgIpc) is 2.90. The first-order valence-corrected chi connectivity index (χ1v) is 6.65. The van der Waals surface area contributed by atoms with E-state index in [1.54, 1.807) is 12.1 Å². The van der Waals surface area contributed by atoms with Crippen molar-refractivity contribution in [3.63, 3.8) is 0 Å². The zero-order valence-electron chi connectivity index (χ0n) is 11.3. The Balaban J connectivity index is 1.59. The highest BCUT2D eigenvalue weighted by Crippen LogP contribution is 2.10. The van der Waals surface area contributed by atoms with Gasteiger partial charge in [-0.15, -0.1) is 0 Å². The molecule has 5 heteroatoms. The third kappa shape index (κ3) is 3.25. The van der Waals surface area contributed by atoms with Gasteiger partial charge in [-0.2, -0.15) is 0 Å². The first-order chi connectivity index (χ1) is 10.2. The highest BCUT2D eigenvalue weighted by molar-refractivity contribution is 5.79. The Labute approximate surface area is 121 Å². The molecule has 1 heterocycles. The van der Waals surface area contributed by atoms with Gasteiger partial charge in [-0.05, 0) is 29.8 Å². The summed E-state index contributed by atoms with van der Waals surface area (Å²) in [6.07, 6.45) is 0.223. The second-order valence-electron chi connectivity index (χ2n) is 4.78. The Bertz CT molecular complexity index is 732. The van der Waals surface area contributed by atoms with Crippen molar-refractivity contribution in [2.45, 2.75) is 13.0 Å². The fourth-order valence-electron chi connectivity index (χ4n) is 2.12. The van der Waals surface area contributed by atoms with Gasteiger partial charge in [0.2, 0.25) is 5.91 Å². The molecule has 0 atom stereocenters. The molecule has 0 aliphatic rings. The van der Waals surface area contributed by atoms with Crippen LogP contribution in [0.15, 0.2) is 48.5 Å². The van der Waals surface area contributed by atoms with Gasteiger partial charge in [-0.25, -0.2) is 9.37 Å². The highest BCUT2D eigenvalue weighted by atomic mass is 19.1. The molecular formula is C16H14FN3O. The fraction of sp³-hybridized carbons (Fsp3) is 0.125. The molecule has 0 unspecified atom stereocenters. The molecule has 3 rings (SSSR count). The third-order valence-electron chi connectivity index (χ3n) is 3.17. The van der Waals surface area contributed by atoms with Gasteiger partial charge in [0.25, 0.3) is 0 Å². The first-order valence-electron chi connectivity index (χ1n) is 6.65. The predicted molar refractivity (Wildman–Crippen MR) is 78.0 cm³/mol. The molecule has 3 aromatic rings. The highest BCUT2D eigenvalue weighted by Gasteiger charge is 2.06. The molecule has 106 valence electrons. The number of nitrogens with zero attached hydrogens (tertiary/aromatic N) is 1. The summed E-state index contributed by atoms with van der Waals surface area (Å²) >= 11 is 0. The van der Waals surface area contributed by atoms with Gasteiger partial charge in [0, 0.05) is 0 Å². The van der Waals surface area contributed by atoms with Crippen LogP contribution in [0, 0.1) is 5.82 Å². The molecule has 1 amide bonds. The zero-order chi connectivity index (χ0) is 14.7. The number of halogens is 1. The van der Waals surface area contributed by atoms with E-state index < -0.39 is 0 Å². The lowest BCUT2D eigenvalue weighted by Crippen LogP contribution is -2.25. The molecule has 0 fully saturated rings. The molecule has 0 bridgehead atoms. The quantitative estimate of drug-likeness (QED) is 0.773. The molecule has 4 nitrogen and oxygen atoms in total. The monoisotopic (exact) mass is 283 g/mol. The number of para-hydroxylation sites is 2. The van der Waals surface area contributed by atoms with Crippen molar-refractivity contribution in [2.75, 3.05) is 0 Å². The van der Waals surface area contributed by atoms with Crippen LogP contribution in [0.2, 0.25) is 0 Å². The molecule has 0 aliphatic heterocycles. The van der Waals surface area contributed by atoms with E-state index in [2.05, 4.69) is 15.3 Å². The molecule has 2 aromatic carbocycles. The van der Waals surface area contributed by atoms with Gasteiger partial charge < -0.3 is 10.3 Å². The van der Waals surface area contributed by atoms with Crippen molar-refractivity contribution < 1.29 is 9.18 Å². The predicted octanol–water partition coefficient (Wildman–Crippen LogP) is 2.56. The zero-order valence-corrected chi connectivity index (χ0v) is 11.3. The normalized spacial score (nSPS) is 10.7. The van der Waals surface area contributed by atoms with E-state index in [4.69, 9.17) is 0 Å². The number of imidazole rings is 1. The minimum atomic E-state index is -0.304. The number of nitrogens with one attached hydrogen (secondary N) is 2. The molecule has 21 heavy (non-hydrogen) atoms. The first kappa shape index (κ1) is 13.3. The van der Waals surface area contributed by atoms with Crippen LogP contribution in [0.1, 0.15) is 11.4 Å². The smallest absolute Gasteiger partial charge is 0.224 e. The summed E-state index contributed by atoms with van der Waals surface area (Å²) < 4.78 is 12.8. The number of hydrogen-bond acceptors (Lipinski definition) is 2. The van der Waals surface area contributed by atoms with Crippen LogP contribution >= 0.6 is 0 Å². The van der Waals surface area contributed by atoms with Crippen LogP contribution in [0.4, 0.5) is 4.39 Å². The Hall–Kier alpha value is -2.69. The van der Waals surface area contributed by atoms with Crippen LogP contribution in [-0.4, -0.2) is 15.9 Å². The lowest BCUT2D eigenvalue weighted by molar-refractivity contribution is -0.120. The number of amides is 1. The SMILES string of the molecule is O=C(Cc1ccc(F)cc1)NCc1nc2ccccc2[nH]1. The van der Waals surface area contributed by atoms with Gasteiger partial charge in [-0.1, -0.05) is 24.3 Å². The maximum atomic E-state index is 12.8. The van der Waals surface area contributed by atoms with E-state index in [1.807, 2.05) is 24.3 Å².